The molecule has 2 heterocycles. The van der Waals surface area contributed by atoms with Crippen LogP contribution in [0.3, 0.4) is 0 Å². The number of aromatic nitrogens is 3. The maximum atomic E-state index is 13.3. The lowest BCUT2D eigenvalue weighted by atomic mass is 10.1. The van der Waals surface area contributed by atoms with E-state index in [0.29, 0.717) is 22.7 Å². The summed E-state index contributed by atoms with van der Waals surface area (Å²) in [6.45, 7) is 4.72. The van der Waals surface area contributed by atoms with E-state index in [1.54, 1.807) is 4.57 Å². The second-order valence-corrected chi connectivity index (χ2v) is 8.79. The van der Waals surface area contributed by atoms with Crippen molar-refractivity contribution in [1.82, 2.24) is 14.5 Å². The summed E-state index contributed by atoms with van der Waals surface area (Å²) in [4.78, 5) is 34.0. The minimum atomic E-state index is -0.116. The first-order valence-corrected chi connectivity index (χ1v) is 12.3. The van der Waals surface area contributed by atoms with Crippen molar-refractivity contribution >= 4 is 34.4 Å². The van der Waals surface area contributed by atoms with Gasteiger partial charge < -0.3 is 10.3 Å². The maximum absolute atomic E-state index is 13.3. The molecule has 0 fully saturated rings. The number of nitrogens with zero attached hydrogens (tertiary/aromatic N) is 2. The highest BCUT2D eigenvalue weighted by atomic mass is 32.2. The number of H-pyrrole nitrogens is 1. The number of fused-ring (bicyclic) bond motifs is 1. The summed E-state index contributed by atoms with van der Waals surface area (Å²) in [7, 11) is 0. The number of aryl methyl sites for hydroxylation is 1. The molecule has 7 heteroatoms. The molecule has 2 N–H and O–H groups in total. The van der Waals surface area contributed by atoms with Crippen molar-refractivity contribution in [3.05, 3.63) is 76.7 Å². The van der Waals surface area contributed by atoms with Gasteiger partial charge in [-0.25, -0.2) is 4.98 Å². The van der Waals surface area contributed by atoms with Crippen LogP contribution in [0.4, 0.5) is 5.69 Å². The van der Waals surface area contributed by atoms with E-state index in [1.165, 1.54) is 11.8 Å². The summed E-state index contributed by atoms with van der Waals surface area (Å²) in [6, 6.07) is 17.7. The number of benzene rings is 2. The van der Waals surface area contributed by atoms with Gasteiger partial charge in [0.15, 0.2) is 5.16 Å². The summed E-state index contributed by atoms with van der Waals surface area (Å²) >= 11 is 1.30. The van der Waals surface area contributed by atoms with E-state index in [1.807, 2.05) is 60.8 Å². The van der Waals surface area contributed by atoms with Gasteiger partial charge in [-0.1, -0.05) is 80.6 Å². The van der Waals surface area contributed by atoms with Gasteiger partial charge in [-0.05, 0) is 30.0 Å². The van der Waals surface area contributed by atoms with Gasteiger partial charge in [0.1, 0.15) is 11.0 Å². The van der Waals surface area contributed by atoms with Crippen LogP contribution in [0.1, 0.15) is 32.3 Å². The molecule has 0 saturated carbocycles. The Bertz CT molecular complexity index is 1310. The Morgan fingerprint density at radius 3 is 2.61 bits per heavy atom. The molecule has 0 radical (unpaired) electrons. The molecule has 0 saturated heterocycles. The molecule has 33 heavy (non-hydrogen) atoms. The van der Waals surface area contributed by atoms with Crippen molar-refractivity contribution in [2.75, 3.05) is 11.1 Å². The van der Waals surface area contributed by atoms with E-state index in [-0.39, 0.29) is 17.2 Å². The predicted molar refractivity (Wildman–Crippen MR) is 136 cm³/mol. The second kappa shape index (κ2) is 10.5. The zero-order chi connectivity index (χ0) is 23.2. The van der Waals surface area contributed by atoms with E-state index in [0.717, 1.165) is 41.6 Å². The third-order valence-electron chi connectivity index (χ3n) is 5.57. The van der Waals surface area contributed by atoms with Crippen molar-refractivity contribution in [2.24, 2.45) is 0 Å². The zero-order valence-corrected chi connectivity index (χ0v) is 19.7. The van der Waals surface area contributed by atoms with Crippen LogP contribution in [0.25, 0.3) is 22.2 Å². The number of hydrogen-bond acceptors (Lipinski definition) is 4. The molecule has 4 aromatic rings. The molecule has 4 rings (SSSR count). The molecule has 0 aliphatic heterocycles. The Kier molecular flexibility index (Phi) is 7.29. The molecule has 0 atom stereocenters. The van der Waals surface area contributed by atoms with Crippen LogP contribution in [-0.4, -0.2) is 26.2 Å². The predicted octanol–water partition coefficient (Wildman–Crippen LogP) is 5.48. The number of hydrogen-bond donors (Lipinski definition) is 2. The van der Waals surface area contributed by atoms with E-state index in [9.17, 15) is 9.59 Å². The van der Waals surface area contributed by atoms with Gasteiger partial charge in [0.05, 0.1) is 5.75 Å². The number of thioether (sulfide) groups is 1. The Morgan fingerprint density at radius 1 is 1.09 bits per heavy atom. The largest absolute Gasteiger partial charge is 0.355 e. The number of carbonyl (C=O) groups excluding carboxylic acids is 1. The quantitative estimate of drug-likeness (QED) is 0.256. The van der Waals surface area contributed by atoms with E-state index in [2.05, 4.69) is 24.1 Å². The molecule has 1 amide bonds. The number of unbranched alkanes of at least 4 members (excludes halogenated alkanes) is 1. The summed E-state index contributed by atoms with van der Waals surface area (Å²) in [5, 5.41) is 3.56. The van der Waals surface area contributed by atoms with E-state index in [4.69, 9.17) is 4.98 Å². The standard InChI is InChI=1S/C26H28N4O2S/c1-3-5-15-30-25(32)24-23(20(16-27-24)19-12-7-6-8-13-19)29-26(30)33-17-22(31)28-21-14-10-9-11-18(21)4-2/h6-14,16,27H,3-5,15,17H2,1-2H3,(H,28,31). The fraction of sp³-hybridized carbons (Fsp3) is 0.269. The fourth-order valence-electron chi connectivity index (χ4n) is 3.80. The summed E-state index contributed by atoms with van der Waals surface area (Å²) < 4.78 is 1.69. The lowest BCUT2D eigenvalue weighted by Crippen LogP contribution is -2.24. The van der Waals surface area contributed by atoms with Crippen LogP contribution in [0, 0.1) is 0 Å². The minimum Gasteiger partial charge on any atom is -0.355 e. The third-order valence-corrected chi connectivity index (χ3v) is 6.55. The van der Waals surface area contributed by atoms with Crippen LogP contribution < -0.4 is 10.9 Å². The number of rotatable bonds is 9. The van der Waals surface area contributed by atoms with Gasteiger partial charge in [-0.3, -0.25) is 14.2 Å². The lowest BCUT2D eigenvalue weighted by molar-refractivity contribution is -0.113. The van der Waals surface area contributed by atoms with Crippen molar-refractivity contribution < 1.29 is 4.79 Å². The van der Waals surface area contributed by atoms with Gasteiger partial charge in [-0.15, -0.1) is 0 Å². The molecule has 0 aliphatic rings. The molecular weight excluding hydrogens is 432 g/mol. The molecule has 0 bridgehead atoms. The smallest absolute Gasteiger partial charge is 0.278 e. The number of nitrogens with one attached hydrogen (secondary N) is 2. The molecular formula is C26H28N4O2S. The molecule has 2 aromatic heterocycles. The van der Waals surface area contributed by atoms with Crippen molar-refractivity contribution in [1.29, 1.82) is 0 Å². The molecule has 0 unspecified atom stereocenters. The second-order valence-electron chi connectivity index (χ2n) is 7.84. The SMILES string of the molecule is CCCCn1c(SCC(=O)Nc2ccccc2CC)nc2c(-c3ccccc3)c[nH]c2c1=O. The maximum Gasteiger partial charge on any atom is 0.278 e. The summed E-state index contributed by atoms with van der Waals surface area (Å²) in [5.41, 5.74) is 4.83. The first-order valence-electron chi connectivity index (χ1n) is 11.3. The minimum absolute atomic E-state index is 0.102. The Hall–Kier alpha value is -3.32. The van der Waals surface area contributed by atoms with Crippen LogP contribution >= 0.6 is 11.8 Å². The zero-order valence-electron chi connectivity index (χ0n) is 18.9. The highest BCUT2D eigenvalue weighted by Crippen LogP contribution is 2.28. The highest BCUT2D eigenvalue weighted by Gasteiger charge is 2.17. The van der Waals surface area contributed by atoms with Gasteiger partial charge in [-0.2, -0.15) is 0 Å². The number of carbonyl (C=O) groups is 1. The van der Waals surface area contributed by atoms with Crippen molar-refractivity contribution in [3.63, 3.8) is 0 Å². The first-order chi connectivity index (χ1) is 16.1. The Labute approximate surface area is 197 Å². The van der Waals surface area contributed by atoms with E-state index < -0.39 is 0 Å². The first kappa shape index (κ1) is 22.9. The normalized spacial score (nSPS) is 11.1. The highest BCUT2D eigenvalue weighted by molar-refractivity contribution is 7.99. The number of para-hydroxylation sites is 1. The van der Waals surface area contributed by atoms with Gasteiger partial charge in [0.2, 0.25) is 5.91 Å². The fourth-order valence-corrected chi connectivity index (χ4v) is 4.62. The van der Waals surface area contributed by atoms with Crippen molar-refractivity contribution in [3.8, 4) is 11.1 Å². The van der Waals surface area contributed by atoms with E-state index >= 15 is 0 Å². The van der Waals surface area contributed by atoms with Gasteiger partial charge >= 0.3 is 0 Å². The Balaban J connectivity index is 1.64. The molecule has 0 spiro atoms. The molecule has 2 aromatic carbocycles. The van der Waals surface area contributed by atoms with Crippen LogP contribution in [0.2, 0.25) is 0 Å². The average Bonchev–Trinajstić information content (AvgIpc) is 3.27. The number of amides is 1. The number of anilines is 1. The third kappa shape index (κ3) is 5.03. The van der Waals surface area contributed by atoms with Gasteiger partial charge in [0.25, 0.3) is 5.56 Å². The molecule has 0 aliphatic carbocycles. The Morgan fingerprint density at radius 2 is 1.85 bits per heavy atom. The van der Waals surface area contributed by atoms with Crippen LogP contribution in [0.5, 0.6) is 0 Å². The summed E-state index contributed by atoms with van der Waals surface area (Å²) in [6.07, 6.45) is 4.50. The number of aromatic amines is 1. The molecule has 6 nitrogen and oxygen atoms in total. The van der Waals surface area contributed by atoms with Crippen LogP contribution in [0.15, 0.2) is 70.7 Å². The average molecular weight is 461 g/mol. The topological polar surface area (TPSA) is 79.8 Å². The van der Waals surface area contributed by atoms with Crippen LogP contribution in [-0.2, 0) is 17.8 Å². The molecule has 170 valence electrons. The lowest BCUT2D eigenvalue weighted by Gasteiger charge is -2.13. The monoisotopic (exact) mass is 460 g/mol. The summed E-state index contributed by atoms with van der Waals surface area (Å²) in [5.74, 6) is 0.0577. The van der Waals surface area contributed by atoms with Gasteiger partial charge in [0, 0.05) is 24.0 Å². The van der Waals surface area contributed by atoms with Crippen molar-refractivity contribution in [2.45, 2.75) is 44.8 Å².